The zero-order valence-corrected chi connectivity index (χ0v) is 36.5. The van der Waals surface area contributed by atoms with Gasteiger partial charge in [-0.05, 0) is 115 Å². The second kappa shape index (κ2) is 15.4. The monoisotopic (exact) mass is 800 g/mol. The first-order valence-electron chi connectivity index (χ1n) is 21.9. The Hall–Kier alpha value is -7.16. The van der Waals surface area contributed by atoms with Gasteiger partial charge in [0, 0.05) is 33.4 Å². The molecule has 0 radical (unpaired) electrons. The molecule has 0 aliphatic carbocycles. The summed E-state index contributed by atoms with van der Waals surface area (Å²) in [6.45, 7) is 13.9. The van der Waals surface area contributed by atoms with E-state index in [-0.39, 0.29) is 10.8 Å². The topological polar surface area (TPSA) is 8.17 Å². The van der Waals surface area contributed by atoms with Crippen LogP contribution in [0.25, 0.3) is 71.6 Å². The van der Waals surface area contributed by atoms with Crippen molar-refractivity contribution in [2.75, 3.05) is 4.90 Å². The number of hydrogen-bond donors (Lipinski definition) is 0. The summed E-state index contributed by atoms with van der Waals surface area (Å²) in [5.41, 5.74) is 16.6. The Kier molecular flexibility index (Phi) is 9.68. The van der Waals surface area contributed by atoms with Gasteiger partial charge in [-0.15, -0.1) is 0 Å². The number of hydrogen-bond acceptors (Lipinski definition) is 1. The van der Waals surface area contributed by atoms with Gasteiger partial charge >= 0.3 is 0 Å². The molecule has 0 N–H and O–H groups in total. The van der Waals surface area contributed by atoms with Crippen molar-refractivity contribution in [2.45, 2.75) is 52.4 Å². The SMILES string of the molecule is CC(C)(C)c1cc(N(c2cccc(-c3cccc4c3c3ccccc3n4-c3ccccc3)c2)c2ccccc2-c2cccc3cccc(-c4ccccc4)c23)cc(C(C)(C)C)c1. The summed E-state index contributed by atoms with van der Waals surface area (Å²) in [6, 6.07) is 76.0. The molecule has 9 aromatic carbocycles. The molecule has 0 bridgehead atoms. The van der Waals surface area contributed by atoms with E-state index in [2.05, 4.69) is 257 Å². The zero-order chi connectivity index (χ0) is 42.6. The van der Waals surface area contributed by atoms with Crippen LogP contribution in [0, 0.1) is 0 Å². The minimum Gasteiger partial charge on any atom is -0.310 e. The molecule has 0 spiro atoms. The van der Waals surface area contributed by atoms with Crippen LogP contribution >= 0.6 is 0 Å². The third kappa shape index (κ3) is 6.96. The number of benzene rings is 9. The van der Waals surface area contributed by atoms with Crippen LogP contribution in [-0.4, -0.2) is 4.57 Å². The average Bonchev–Trinajstić information content (AvgIpc) is 3.64. The van der Waals surface area contributed by atoms with E-state index in [1.54, 1.807) is 0 Å². The van der Waals surface area contributed by atoms with Gasteiger partial charge in [0.05, 0.1) is 16.7 Å². The van der Waals surface area contributed by atoms with Crippen molar-refractivity contribution in [1.29, 1.82) is 0 Å². The minimum atomic E-state index is -0.0636. The molecule has 10 aromatic rings. The lowest BCUT2D eigenvalue weighted by molar-refractivity contribution is 0.569. The molecule has 302 valence electrons. The highest BCUT2D eigenvalue weighted by Gasteiger charge is 2.26. The molecular formula is C60H52N2. The molecule has 2 heteroatoms. The fourth-order valence-electron chi connectivity index (χ4n) is 9.28. The molecule has 1 heterocycles. The molecule has 2 nitrogen and oxygen atoms in total. The second-order valence-electron chi connectivity index (χ2n) is 18.6. The predicted molar refractivity (Wildman–Crippen MR) is 267 cm³/mol. The van der Waals surface area contributed by atoms with Crippen LogP contribution in [0.3, 0.4) is 0 Å². The van der Waals surface area contributed by atoms with Crippen molar-refractivity contribution >= 4 is 49.6 Å². The van der Waals surface area contributed by atoms with Crippen molar-refractivity contribution in [1.82, 2.24) is 4.57 Å². The Labute approximate surface area is 366 Å². The van der Waals surface area contributed by atoms with Crippen LogP contribution in [0.15, 0.2) is 206 Å². The van der Waals surface area contributed by atoms with Gasteiger partial charge in [-0.25, -0.2) is 0 Å². The Balaban J connectivity index is 1.25. The van der Waals surface area contributed by atoms with Gasteiger partial charge in [0.1, 0.15) is 0 Å². The molecular weight excluding hydrogens is 749 g/mol. The first kappa shape index (κ1) is 39.0. The average molecular weight is 801 g/mol. The Morgan fingerprint density at radius 3 is 1.61 bits per heavy atom. The highest BCUT2D eigenvalue weighted by molar-refractivity contribution is 6.16. The highest BCUT2D eigenvalue weighted by atomic mass is 15.1. The largest absolute Gasteiger partial charge is 0.310 e. The number of aromatic nitrogens is 1. The molecule has 0 aliphatic rings. The van der Waals surface area contributed by atoms with Crippen LogP contribution in [-0.2, 0) is 10.8 Å². The Bertz CT molecular complexity index is 3210. The van der Waals surface area contributed by atoms with Gasteiger partial charge in [-0.1, -0.05) is 193 Å². The van der Waals surface area contributed by atoms with Crippen molar-refractivity contribution in [2.24, 2.45) is 0 Å². The van der Waals surface area contributed by atoms with Crippen molar-refractivity contribution < 1.29 is 0 Å². The summed E-state index contributed by atoms with van der Waals surface area (Å²) < 4.78 is 2.40. The van der Waals surface area contributed by atoms with E-state index in [4.69, 9.17) is 0 Å². The van der Waals surface area contributed by atoms with E-state index in [9.17, 15) is 0 Å². The highest BCUT2D eigenvalue weighted by Crippen LogP contribution is 2.47. The number of anilines is 3. The summed E-state index contributed by atoms with van der Waals surface area (Å²) in [4.78, 5) is 2.51. The first-order valence-corrected chi connectivity index (χ1v) is 21.9. The normalized spacial score (nSPS) is 12.0. The van der Waals surface area contributed by atoms with Gasteiger partial charge in [-0.3, -0.25) is 0 Å². The van der Waals surface area contributed by atoms with E-state index < -0.39 is 0 Å². The Morgan fingerprint density at radius 2 is 0.903 bits per heavy atom. The zero-order valence-electron chi connectivity index (χ0n) is 36.5. The lowest BCUT2D eigenvalue weighted by Gasteiger charge is -2.32. The maximum absolute atomic E-state index is 2.51. The molecule has 1 aromatic heterocycles. The molecule has 0 saturated carbocycles. The van der Waals surface area contributed by atoms with Gasteiger partial charge in [-0.2, -0.15) is 0 Å². The third-order valence-corrected chi connectivity index (χ3v) is 12.5. The van der Waals surface area contributed by atoms with E-state index in [0.29, 0.717) is 0 Å². The molecule has 62 heavy (non-hydrogen) atoms. The summed E-state index contributed by atoms with van der Waals surface area (Å²) in [5, 5.41) is 4.97. The van der Waals surface area contributed by atoms with Crippen molar-refractivity contribution in [3.8, 4) is 39.1 Å². The maximum atomic E-state index is 2.51. The van der Waals surface area contributed by atoms with Crippen LogP contribution < -0.4 is 4.90 Å². The van der Waals surface area contributed by atoms with E-state index in [1.807, 2.05) is 0 Å². The molecule has 0 atom stereocenters. The maximum Gasteiger partial charge on any atom is 0.0547 e. The molecule has 0 unspecified atom stereocenters. The molecule has 0 fully saturated rings. The standard InChI is InChI=1S/C60H52N2/c1-59(2,3)44-38-45(60(4,5)6)40-48(39-44)61(54-34-15-13-29-51(54)52-33-19-24-42-23-18-31-49(57(42)52)41-21-9-7-10-22-41)47-28-17-25-43(37-47)50-32-20-36-56-58(50)53-30-14-16-35-55(53)62(56)46-26-11-8-12-27-46/h7-40H,1-6H3. The minimum absolute atomic E-state index is 0.0636. The van der Waals surface area contributed by atoms with Gasteiger partial charge < -0.3 is 9.47 Å². The quantitative estimate of drug-likeness (QED) is 0.156. The van der Waals surface area contributed by atoms with E-state index in [1.165, 1.54) is 77.1 Å². The summed E-state index contributed by atoms with van der Waals surface area (Å²) in [7, 11) is 0. The van der Waals surface area contributed by atoms with Crippen LogP contribution in [0.5, 0.6) is 0 Å². The molecule has 10 rings (SSSR count). The van der Waals surface area contributed by atoms with Crippen LogP contribution in [0.1, 0.15) is 52.7 Å². The molecule has 0 saturated heterocycles. The number of para-hydroxylation sites is 3. The molecule has 0 aliphatic heterocycles. The predicted octanol–water partition coefficient (Wildman–Crippen LogP) is 17.0. The fraction of sp³-hybridized carbons (Fsp3) is 0.133. The lowest BCUT2D eigenvalue weighted by Crippen LogP contribution is -2.19. The van der Waals surface area contributed by atoms with Crippen molar-refractivity contribution in [3.05, 3.63) is 217 Å². The van der Waals surface area contributed by atoms with Gasteiger partial charge in [0.2, 0.25) is 0 Å². The number of nitrogens with zero attached hydrogens (tertiary/aromatic N) is 2. The summed E-state index contributed by atoms with van der Waals surface area (Å²) >= 11 is 0. The Morgan fingerprint density at radius 1 is 0.371 bits per heavy atom. The second-order valence-corrected chi connectivity index (χ2v) is 18.6. The van der Waals surface area contributed by atoms with Gasteiger partial charge in [0.15, 0.2) is 0 Å². The van der Waals surface area contributed by atoms with Crippen LogP contribution in [0.2, 0.25) is 0 Å². The van der Waals surface area contributed by atoms with Gasteiger partial charge in [0.25, 0.3) is 0 Å². The lowest BCUT2D eigenvalue weighted by atomic mass is 9.80. The summed E-state index contributed by atoms with van der Waals surface area (Å²) in [5.74, 6) is 0. The number of rotatable bonds is 7. The summed E-state index contributed by atoms with van der Waals surface area (Å²) in [6.07, 6.45) is 0. The van der Waals surface area contributed by atoms with E-state index in [0.717, 1.165) is 22.7 Å². The molecule has 0 amide bonds. The van der Waals surface area contributed by atoms with E-state index >= 15 is 0 Å². The first-order chi connectivity index (χ1) is 30.0. The number of fused-ring (bicyclic) bond motifs is 4. The van der Waals surface area contributed by atoms with Crippen LogP contribution in [0.4, 0.5) is 17.1 Å². The van der Waals surface area contributed by atoms with Crippen molar-refractivity contribution in [3.63, 3.8) is 0 Å². The third-order valence-electron chi connectivity index (χ3n) is 12.5. The smallest absolute Gasteiger partial charge is 0.0547 e. The fourth-order valence-corrected chi connectivity index (χ4v) is 9.28.